The van der Waals surface area contributed by atoms with Crippen LogP contribution < -0.4 is 0 Å². The SMILES string of the molecule is CCCCCC=CCC=CCC=CCC=CCCCC(=O)O[C@@H](CO)COCCCCCCCCCCCCCCCC. The molecule has 0 aromatic heterocycles. The van der Waals surface area contributed by atoms with Gasteiger partial charge in [-0.15, -0.1) is 0 Å². The van der Waals surface area contributed by atoms with Crippen molar-refractivity contribution in [1.82, 2.24) is 0 Å². The number of aliphatic hydroxyl groups excluding tert-OH is 1. The van der Waals surface area contributed by atoms with Crippen LogP contribution in [0.15, 0.2) is 48.6 Å². The van der Waals surface area contributed by atoms with Crippen LogP contribution in [0, 0.1) is 0 Å². The fraction of sp³-hybridized carbons (Fsp3) is 0.769. The Morgan fingerprint density at radius 3 is 1.47 bits per heavy atom. The van der Waals surface area contributed by atoms with Gasteiger partial charge in [0.05, 0.1) is 13.2 Å². The first-order valence-corrected chi connectivity index (χ1v) is 18.2. The van der Waals surface area contributed by atoms with Crippen molar-refractivity contribution < 1.29 is 19.4 Å². The van der Waals surface area contributed by atoms with Crippen molar-refractivity contribution in [3.8, 4) is 0 Å². The van der Waals surface area contributed by atoms with E-state index < -0.39 is 6.10 Å². The maximum absolute atomic E-state index is 12.1. The molecule has 0 amide bonds. The van der Waals surface area contributed by atoms with Crippen molar-refractivity contribution in [2.45, 2.75) is 174 Å². The number of aliphatic hydroxyl groups is 1. The Morgan fingerprint density at radius 1 is 0.558 bits per heavy atom. The molecule has 0 saturated carbocycles. The topological polar surface area (TPSA) is 55.8 Å². The molecule has 0 unspecified atom stereocenters. The fourth-order valence-corrected chi connectivity index (χ4v) is 4.91. The summed E-state index contributed by atoms with van der Waals surface area (Å²) >= 11 is 0. The number of esters is 1. The molecule has 43 heavy (non-hydrogen) atoms. The summed E-state index contributed by atoms with van der Waals surface area (Å²) < 4.78 is 11.1. The number of ether oxygens (including phenoxy) is 2. The van der Waals surface area contributed by atoms with Gasteiger partial charge in [-0.2, -0.15) is 0 Å². The lowest BCUT2D eigenvalue weighted by Crippen LogP contribution is -2.27. The highest BCUT2D eigenvalue weighted by atomic mass is 16.6. The van der Waals surface area contributed by atoms with E-state index in [-0.39, 0.29) is 19.2 Å². The van der Waals surface area contributed by atoms with Crippen molar-refractivity contribution in [1.29, 1.82) is 0 Å². The predicted molar refractivity (Wildman–Crippen MR) is 187 cm³/mol. The number of carbonyl (C=O) groups is 1. The third kappa shape index (κ3) is 34.7. The van der Waals surface area contributed by atoms with E-state index in [1.54, 1.807) is 0 Å². The van der Waals surface area contributed by atoms with Crippen LogP contribution in [0.1, 0.15) is 168 Å². The molecule has 0 aromatic carbocycles. The Labute approximate surface area is 267 Å². The lowest BCUT2D eigenvalue weighted by molar-refractivity contribution is -0.154. The minimum absolute atomic E-state index is 0.193. The maximum atomic E-state index is 12.1. The van der Waals surface area contributed by atoms with Gasteiger partial charge >= 0.3 is 5.97 Å². The number of rotatable bonds is 33. The van der Waals surface area contributed by atoms with Gasteiger partial charge in [0.2, 0.25) is 0 Å². The minimum Gasteiger partial charge on any atom is -0.457 e. The molecule has 1 atom stereocenters. The summed E-state index contributed by atoms with van der Waals surface area (Å²) in [7, 11) is 0. The number of hydrogen-bond donors (Lipinski definition) is 1. The largest absolute Gasteiger partial charge is 0.457 e. The van der Waals surface area contributed by atoms with E-state index in [1.165, 1.54) is 109 Å². The number of unbranched alkanes of at least 4 members (excludes halogenated alkanes) is 17. The summed E-state index contributed by atoms with van der Waals surface area (Å²) in [6.07, 6.45) is 45.8. The molecule has 0 aliphatic carbocycles. The van der Waals surface area contributed by atoms with Gasteiger partial charge < -0.3 is 14.6 Å². The van der Waals surface area contributed by atoms with Crippen LogP contribution in [0.4, 0.5) is 0 Å². The number of hydrogen-bond acceptors (Lipinski definition) is 4. The quantitative estimate of drug-likeness (QED) is 0.0461. The Bertz CT molecular complexity index is 679. The Hall–Kier alpha value is -1.65. The zero-order chi connectivity index (χ0) is 31.3. The average molecular weight is 603 g/mol. The fourth-order valence-electron chi connectivity index (χ4n) is 4.91. The van der Waals surface area contributed by atoms with Gasteiger partial charge in [0.15, 0.2) is 0 Å². The third-order valence-corrected chi connectivity index (χ3v) is 7.66. The molecular weight excluding hydrogens is 532 g/mol. The molecule has 4 heteroatoms. The first kappa shape index (κ1) is 41.4. The molecular formula is C39H70O4. The van der Waals surface area contributed by atoms with Crippen LogP contribution in [-0.2, 0) is 14.3 Å². The lowest BCUT2D eigenvalue weighted by atomic mass is 10.0. The third-order valence-electron chi connectivity index (χ3n) is 7.66. The molecule has 1 N–H and O–H groups in total. The van der Waals surface area contributed by atoms with Crippen LogP contribution in [0.3, 0.4) is 0 Å². The van der Waals surface area contributed by atoms with Crippen molar-refractivity contribution in [3.63, 3.8) is 0 Å². The first-order chi connectivity index (χ1) is 21.2. The highest BCUT2D eigenvalue weighted by molar-refractivity contribution is 5.69. The molecule has 0 aliphatic rings. The highest BCUT2D eigenvalue weighted by Gasteiger charge is 2.13. The van der Waals surface area contributed by atoms with Gasteiger partial charge in [-0.05, 0) is 51.4 Å². The number of allylic oxidation sites excluding steroid dienone is 8. The second-order valence-corrected chi connectivity index (χ2v) is 11.9. The summed E-state index contributed by atoms with van der Waals surface area (Å²) in [5, 5.41) is 9.54. The van der Waals surface area contributed by atoms with Gasteiger partial charge in [0.1, 0.15) is 6.10 Å². The van der Waals surface area contributed by atoms with E-state index >= 15 is 0 Å². The van der Waals surface area contributed by atoms with E-state index in [0.29, 0.717) is 13.0 Å². The van der Waals surface area contributed by atoms with Gasteiger partial charge in [-0.3, -0.25) is 4.79 Å². The van der Waals surface area contributed by atoms with E-state index in [9.17, 15) is 9.90 Å². The van der Waals surface area contributed by atoms with Crippen molar-refractivity contribution >= 4 is 5.97 Å². The predicted octanol–water partition coefficient (Wildman–Crippen LogP) is 11.5. The molecule has 0 fully saturated rings. The second kappa shape index (κ2) is 36.5. The van der Waals surface area contributed by atoms with Gasteiger partial charge in [-0.25, -0.2) is 0 Å². The van der Waals surface area contributed by atoms with Gasteiger partial charge in [0.25, 0.3) is 0 Å². The van der Waals surface area contributed by atoms with Gasteiger partial charge in [-0.1, -0.05) is 159 Å². The van der Waals surface area contributed by atoms with Crippen LogP contribution >= 0.6 is 0 Å². The smallest absolute Gasteiger partial charge is 0.306 e. The Kier molecular flexibility index (Phi) is 35.1. The molecule has 0 aliphatic heterocycles. The summed E-state index contributed by atoms with van der Waals surface area (Å²) in [6, 6.07) is 0. The summed E-state index contributed by atoms with van der Waals surface area (Å²) in [6.45, 7) is 5.26. The summed E-state index contributed by atoms with van der Waals surface area (Å²) in [5.41, 5.74) is 0. The van der Waals surface area contributed by atoms with E-state index in [2.05, 4.69) is 62.5 Å². The molecule has 0 heterocycles. The molecule has 0 aromatic rings. The highest BCUT2D eigenvalue weighted by Crippen LogP contribution is 2.13. The monoisotopic (exact) mass is 603 g/mol. The lowest BCUT2D eigenvalue weighted by Gasteiger charge is -2.15. The van der Waals surface area contributed by atoms with Crippen LogP contribution in [0.25, 0.3) is 0 Å². The molecule has 0 spiro atoms. The van der Waals surface area contributed by atoms with Crippen molar-refractivity contribution in [3.05, 3.63) is 48.6 Å². The zero-order valence-corrected chi connectivity index (χ0v) is 28.5. The molecule has 0 rings (SSSR count). The second-order valence-electron chi connectivity index (χ2n) is 11.9. The standard InChI is InChI=1S/C39H70O4/c1-3-5-7-9-11-13-15-17-19-20-21-22-24-26-28-30-32-34-39(41)43-38(36-40)37-42-35-33-31-29-27-25-23-18-16-14-12-10-8-6-4-2/h11,13,17,19,21-22,26,28,38,40H,3-10,12,14-16,18,20,23-25,27,29-37H2,1-2H3/t38-/m0/s1. The van der Waals surface area contributed by atoms with Crippen LogP contribution in [-0.4, -0.2) is 37.0 Å². The van der Waals surface area contributed by atoms with E-state index in [4.69, 9.17) is 9.47 Å². The maximum Gasteiger partial charge on any atom is 0.306 e. The Morgan fingerprint density at radius 2 is 0.977 bits per heavy atom. The van der Waals surface area contributed by atoms with Crippen molar-refractivity contribution in [2.24, 2.45) is 0 Å². The molecule has 250 valence electrons. The van der Waals surface area contributed by atoms with E-state index in [1.807, 2.05) is 0 Å². The summed E-state index contributed by atoms with van der Waals surface area (Å²) in [5.74, 6) is -0.255. The summed E-state index contributed by atoms with van der Waals surface area (Å²) in [4.78, 5) is 12.1. The first-order valence-electron chi connectivity index (χ1n) is 18.2. The molecule has 0 saturated heterocycles. The number of carbonyl (C=O) groups excluding carboxylic acids is 1. The average Bonchev–Trinajstić information content (AvgIpc) is 3.01. The Balaban J connectivity index is 3.56. The molecule has 0 radical (unpaired) electrons. The molecule has 4 nitrogen and oxygen atoms in total. The van der Waals surface area contributed by atoms with Crippen molar-refractivity contribution in [2.75, 3.05) is 19.8 Å². The van der Waals surface area contributed by atoms with Gasteiger partial charge in [0, 0.05) is 13.0 Å². The zero-order valence-electron chi connectivity index (χ0n) is 28.5. The molecule has 0 bridgehead atoms. The van der Waals surface area contributed by atoms with Crippen LogP contribution in [0.2, 0.25) is 0 Å². The minimum atomic E-state index is -0.560. The normalized spacial score (nSPS) is 12.9. The van der Waals surface area contributed by atoms with Crippen LogP contribution in [0.5, 0.6) is 0 Å². The van der Waals surface area contributed by atoms with E-state index in [0.717, 1.165) is 38.5 Å².